The Balaban J connectivity index is 2.05. The zero-order chi connectivity index (χ0) is 15.9. The molecule has 0 aliphatic carbocycles. The molecule has 0 spiro atoms. The van der Waals surface area contributed by atoms with Crippen molar-refractivity contribution in [1.29, 1.82) is 0 Å². The first-order valence-electron chi connectivity index (χ1n) is 6.90. The molecule has 0 bridgehead atoms. The average molecular weight is 323 g/mol. The molecular weight excluding hydrogens is 310 g/mol. The fourth-order valence-corrected chi connectivity index (χ4v) is 2.93. The zero-order valence-corrected chi connectivity index (χ0v) is 12.6. The Labute approximate surface area is 131 Å². The highest BCUT2D eigenvalue weighted by atomic mass is 35.5. The molecule has 114 valence electrons. The monoisotopic (exact) mass is 322 g/mol. The lowest BCUT2D eigenvalue weighted by Crippen LogP contribution is -2.36. The number of nitrogens with zero attached hydrogens (tertiary/aromatic N) is 2. The Morgan fingerprint density at radius 3 is 2.82 bits per heavy atom. The number of amides is 1. The van der Waals surface area contributed by atoms with Crippen molar-refractivity contribution in [2.24, 2.45) is 0 Å². The number of halogens is 3. The number of aromatic nitrogens is 1. The lowest BCUT2D eigenvalue weighted by Gasteiger charge is -2.30. The second-order valence-corrected chi connectivity index (χ2v) is 5.59. The van der Waals surface area contributed by atoms with Crippen LogP contribution in [0.25, 0.3) is 0 Å². The van der Waals surface area contributed by atoms with Gasteiger partial charge in [-0.3, -0.25) is 4.79 Å². The maximum absolute atomic E-state index is 13.9. The third-order valence-corrected chi connectivity index (χ3v) is 3.99. The summed E-state index contributed by atoms with van der Waals surface area (Å²) in [5.41, 5.74) is 1.55. The second-order valence-electron chi connectivity index (χ2n) is 5.24. The molecule has 0 saturated carbocycles. The molecule has 0 fully saturated rings. The number of fused-ring (bicyclic) bond motifs is 1. The number of benzene rings is 1. The molecule has 0 atom stereocenters. The van der Waals surface area contributed by atoms with Crippen LogP contribution < -0.4 is 4.90 Å². The van der Waals surface area contributed by atoms with Crippen LogP contribution in [0.5, 0.6) is 0 Å². The molecule has 2 aromatic rings. The van der Waals surface area contributed by atoms with Crippen LogP contribution in [0.3, 0.4) is 0 Å². The number of carbonyl (C=O) groups excluding carboxylic acids is 1. The molecule has 1 aliphatic rings. The molecule has 3 nitrogen and oxygen atoms in total. The minimum absolute atomic E-state index is 0.0917. The SMILES string of the molecule is Cc1ccc(C(=O)N2CCCc3c(F)cc(F)cc32)c(Cl)n1. The largest absolute Gasteiger partial charge is 0.308 e. The minimum atomic E-state index is -0.705. The molecule has 2 heterocycles. The van der Waals surface area contributed by atoms with E-state index in [1.54, 1.807) is 19.1 Å². The van der Waals surface area contributed by atoms with Gasteiger partial charge in [0.05, 0.1) is 11.3 Å². The first-order chi connectivity index (χ1) is 10.5. The van der Waals surface area contributed by atoms with Gasteiger partial charge in [-0.25, -0.2) is 13.8 Å². The molecule has 1 aromatic carbocycles. The van der Waals surface area contributed by atoms with Gasteiger partial charge in [0, 0.05) is 23.9 Å². The van der Waals surface area contributed by atoms with Crippen molar-refractivity contribution in [1.82, 2.24) is 4.98 Å². The van der Waals surface area contributed by atoms with Crippen LogP contribution in [0.1, 0.15) is 28.0 Å². The number of rotatable bonds is 1. The summed E-state index contributed by atoms with van der Waals surface area (Å²) in [4.78, 5) is 18.1. The third-order valence-electron chi connectivity index (χ3n) is 3.70. The summed E-state index contributed by atoms with van der Waals surface area (Å²) in [6.45, 7) is 2.15. The van der Waals surface area contributed by atoms with Gasteiger partial charge in [-0.05, 0) is 38.0 Å². The maximum Gasteiger partial charge on any atom is 0.261 e. The molecular formula is C16H13ClF2N2O. The summed E-state index contributed by atoms with van der Waals surface area (Å²) in [5, 5.41) is 0.0917. The van der Waals surface area contributed by atoms with E-state index in [2.05, 4.69) is 4.98 Å². The summed E-state index contributed by atoms with van der Waals surface area (Å²) in [5.74, 6) is -1.73. The van der Waals surface area contributed by atoms with E-state index in [0.717, 1.165) is 6.07 Å². The average Bonchev–Trinajstić information content (AvgIpc) is 2.46. The zero-order valence-electron chi connectivity index (χ0n) is 11.9. The van der Waals surface area contributed by atoms with Gasteiger partial charge in [-0.2, -0.15) is 0 Å². The van der Waals surface area contributed by atoms with E-state index in [4.69, 9.17) is 11.6 Å². The highest BCUT2D eigenvalue weighted by Gasteiger charge is 2.27. The quantitative estimate of drug-likeness (QED) is 0.746. The maximum atomic E-state index is 13.9. The number of carbonyl (C=O) groups is 1. The number of anilines is 1. The van der Waals surface area contributed by atoms with Gasteiger partial charge in [0.15, 0.2) is 0 Å². The number of aryl methyl sites for hydroxylation is 1. The molecule has 3 rings (SSSR count). The van der Waals surface area contributed by atoms with Crippen LogP contribution in [0, 0.1) is 18.6 Å². The van der Waals surface area contributed by atoms with Crippen LogP contribution in [0.4, 0.5) is 14.5 Å². The van der Waals surface area contributed by atoms with E-state index in [1.807, 2.05) is 0 Å². The summed E-state index contributed by atoms with van der Waals surface area (Å²) in [7, 11) is 0. The van der Waals surface area contributed by atoms with Crippen LogP contribution in [-0.4, -0.2) is 17.4 Å². The molecule has 1 aromatic heterocycles. The standard InChI is InChI=1S/C16H13ClF2N2O/c1-9-4-5-12(15(17)20-9)16(22)21-6-2-3-11-13(19)7-10(18)8-14(11)21/h4-5,7-8H,2-3,6H2,1H3. The van der Waals surface area contributed by atoms with Crippen molar-refractivity contribution < 1.29 is 13.6 Å². The Bertz CT molecular complexity index is 764. The van der Waals surface area contributed by atoms with Crippen molar-refractivity contribution in [3.8, 4) is 0 Å². The van der Waals surface area contributed by atoms with E-state index in [0.29, 0.717) is 30.6 Å². The highest BCUT2D eigenvalue weighted by molar-refractivity contribution is 6.33. The van der Waals surface area contributed by atoms with Gasteiger partial charge < -0.3 is 4.90 Å². The molecule has 0 saturated heterocycles. The second kappa shape index (κ2) is 5.65. The van der Waals surface area contributed by atoms with Crippen molar-refractivity contribution in [2.75, 3.05) is 11.4 Å². The van der Waals surface area contributed by atoms with Crippen molar-refractivity contribution in [3.05, 3.63) is 57.9 Å². The molecule has 0 unspecified atom stereocenters. The van der Waals surface area contributed by atoms with Crippen molar-refractivity contribution in [3.63, 3.8) is 0 Å². The first-order valence-corrected chi connectivity index (χ1v) is 7.28. The Hall–Kier alpha value is -2.01. The Morgan fingerprint density at radius 1 is 1.32 bits per heavy atom. The first kappa shape index (κ1) is 14.9. The summed E-state index contributed by atoms with van der Waals surface area (Å²) >= 11 is 6.03. The van der Waals surface area contributed by atoms with Crippen molar-refractivity contribution >= 4 is 23.2 Å². The molecule has 6 heteroatoms. The van der Waals surface area contributed by atoms with Gasteiger partial charge in [-0.1, -0.05) is 11.6 Å². The lowest BCUT2D eigenvalue weighted by molar-refractivity contribution is 0.0985. The highest BCUT2D eigenvalue weighted by Crippen LogP contribution is 2.32. The van der Waals surface area contributed by atoms with Crippen molar-refractivity contribution in [2.45, 2.75) is 19.8 Å². The molecule has 0 radical (unpaired) electrons. The predicted octanol–water partition coefficient (Wildman–Crippen LogP) is 3.91. The van der Waals surface area contributed by atoms with Gasteiger partial charge in [0.25, 0.3) is 5.91 Å². The summed E-state index contributed by atoms with van der Waals surface area (Å²) in [6.07, 6.45) is 1.09. The van der Waals surface area contributed by atoms with Crippen LogP contribution >= 0.6 is 11.6 Å². The van der Waals surface area contributed by atoms with Gasteiger partial charge in [0.2, 0.25) is 0 Å². The predicted molar refractivity (Wildman–Crippen MR) is 80.3 cm³/mol. The third kappa shape index (κ3) is 2.57. The van der Waals surface area contributed by atoms with E-state index >= 15 is 0 Å². The normalized spacial score (nSPS) is 13.9. The van der Waals surface area contributed by atoms with Gasteiger partial charge in [0.1, 0.15) is 16.8 Å². The smallest absolute Gasteiger partial charge is 0.261 e. The van der Waals surface area contributed by atoms with Crippen LogP contribution in [-0.2, 0) is 6.42 Å². The summed E-state index contributed by atoms with van der Waals surface area (Å²) < 4.78 is 27.4. The molecule has 1 amide bonds. The van der Waals surface area contributed by atoms with E-state index in [9.17, 15) is 13.6 Å². The number of pyridine rings is 1. The summed E-state index contributed by atoms with van der Waals surface area (Å²) in [6, 6.07) is 5.28. The number of hydrogen-bond acceptors (Lipinski definition) is 2. The molecule has 0 N–H and O–H groups in total. The fourth-order valence-electron chi connectivity index (χ4n) is 2.65. The van der Waals surface area contributed by atoms with Crippen LogP contribution in [0.2, 0.25) is 5.15 Å². The topological polar surface area (TPSA) is 33.2 Å². The number of hydrogen-bond donors (Lipinski definition) is 0. The van der Waals surface area contributed by atoms with Gasteiger partial charge >= 0.3 is 0 Å². The minimum Gasteiger partial charge on any atom is -0.308 e. The van der Waals surface area contributed by atoms with E-state index in [-0.39, 0.29) is 16.4 Å². The van der Waals surface area contributed by atoms with E-state index < -0.39 is 17.5 Å². The molecule has 1 aliphatic heterocycles. The van der Waals surface area contributed by atoms with E-state index in [1.165, 1.54) is 11.0 Å². The fraction of sp³-hybridized carbons (Fsp3) is 0.250. The van der Waals surface area contributed by atoms with Crippen LogP contribution in [0.15, 0.2) is 24.3 Å². The van der Waals surface area contributed by atoms with Gasteiger partial charge in [-0.15, -0.1) is 0 Å². The Kier molecular flexibility index (Phi) is 3.83. The molecule has 22 heavy (non-hydrogen) atoms. The Morgan fingerprint density at radius 2 is 2.09 bits per heavy atom. The lowest BCUT2D eigenvalue weighted by atomic mass is 10.00.